The van der Waals surface area contributed by atoms with E-state index in [0.717, 1.165) is 3.57 Å². The van der Waals surface area contributed by atoms with Gasteiger partial charge in [0, 0.05) is 3.57 Å². The van der Waals surface area contributed by atoms with Gasteiger partial charge < -0.3 is 18.9 Å². The van der Waals surface area contributed by atoms with Crippen LogP contribution < -0.4 is 0 Å². The second-order valence-corrected chi connectivity index (χ2v) is 6.69. The van der Waals surface area contributed by atoms with Crippen LogP contribution in [0.4, 0.5) is 0 Å². The van der Waals surface area contributed by atoms with E-state index in [4.69, 9.17) is 18.9 Å². The molecule has 0 radical (unpaired) electrons. The minimum Gasteiger partial charge on any atom is -0.459 e. The average molecular weight is 418 g/mol. The highest BCUT2D eigenvalue weighted by Crippen LogP contribution is 2.35. The van der Waals surface area contributed by atoms with Gasteiger partial charge in [0.25, 0.3) is 0 Å². The number of esters is 1. The van der Waals surface area contributed by atoms with Crippen molar-refractivity contribution in [1.82, 2.24) is 0 Å². The third-order valence-electron chi connectivity index (χ3n) is 3.41. The van der Waals surface area contributed by atoms with Gasteiger partial charge >= 0.3 is 5.97 Å². The first kappa shape index (κ1) is 15.9. The SMILES string of the molecule is CC1(C)O[C@H]2O[C@@H](COC(=O)c3ccccc3I)C(=O)[C@H]2O1. The molecular weight excluding hydrogens is 403 g/mol. The van der Waals surface area contributed by atoms with Gasteiger partial charge in [0.05, 0.1) is 5.56 Å². The smallest absolute Gasteiger partial charge is 0.339 e. The second kappa shape index (κ2) is 5.88. The molecule has 0 bridgehead atoms. The first-order valence-electron chi connectivity index (χ1n) is 6.84. The van der Waals surface area contributed by atoms with Crippen LogP contribution in [-0.4, -0.2) is 42.6 Å². The summed E-state index contributed by atoms with van der Waals surface area (Å²) in [5.74, 6) is -1.58. The lowest BCUT2D eigenvalue weighted by Gasteiger charge is -2.19. The Hall–Kier alpha value is -1.03. The molecule has 0 spiro atoms. The second-order valence-electron chi connectivity index (χ2n) is 5.53. The number of ether oxygens (including phenoxy) is 4. The highest BCUT2D eigenvalue weighted by atomic mass is 127. The van der Waals surface area contributed by atoms with E-state index in [-0.39, 0.29) is 12.4 Å². The largest absolute Gasteiger partial charge is 0.459 e. The normalized spacial score (nSPS) is 29.4. The number of halogens is 1. The van der Waals surface area contributed by atoms with Crippen LogP contribution in [0.3, 0.4) is 0 Å². The van der Waals surface area contributed by atoms with Crippen LogP contribution in [0.15, 0.2) is 24.3 Å². The summed E-state index contributed by atoms with van der Waals surface area (Å²) >= 11 is 2.05. The predicted molar refractivity (Wildman–Crippen MR) is 83.1 cm³/mol. The van der Waals surface area contributed by atoms with Crippen molar-refractivity contribution in [3.63, 3.8) is 0 Å². The van der Waals surface area contributed by atoms with Gasteiger partial charge in [0.15, 0.2) is 30.1 Å². The molecule has 0 amide bonds. The van der Waals surface area contributed by atoms with Crippen molar-refractivity contribution in [2.24, 2.45) is 0 Å². The Morgan fingerprint density at radius 2 is 2.05 bits per heavy atom. The zero-order valence-corrected chi connectivity index (χ0v) is 14.2. The van der Waals surface area contributed by atoms with Crippen molar-refractivity contribution in [2.45, 2.75) is 38.1 Å². The Labute approximate surface area is 141 Å². The summed E-state index contributed by atoms with van der Waals surface area (Å²) in [5.41, 5.74) is 0.461. The van der Waals surface area contributed by atoms with Crippen molar-refractivity contribution >= 4 is 34.3 Å². The Morgan fingerprint density at radius 1 is 1.32 bits per heavy atom. The number of rotatable bonds is 3. The molecule has 1 aromatic rings. The van der Waals surface area contributed by atoms with Crippen LogP contribution in [0.1, 0.15) is 24.2 Å². The molecule has 0 aliphatic carbocycles. The fraction of sp³-hybridized carbons (Fsp3) is 0.467. The Kier molecular flexibility index (Phi) is 4.23. The van der Waals surface area contributed by atoms with E-state index in [1.165, 1.54) is 0 Å². The molecule has 6 nitrogen and oxygen atoms in total. The van der Waals surface area contributed by atoms with Crippen molar-refractivity contribution in [1.29, 1.82) is 0 Å². The van der Waals surface area contributed by atoms with Gasteiger partial charge in [0.2, 0.25) is 0 Å². The Balaban J connectivity index is 1.59. The summed E-state index contributed by atoms with van der Waals surface area (Å²) in [6.45, 7) is 3.28. The number of carbonyl (C=O) groups excluding carboxylic acids is 2. The standard InChI is InChI=1S/C15H15IO6/c1-15(2)21-12-11(17)10(20-14(12)22-15)7-19-13(18)8-5-3-4-6-9(8)16/h3-6,10,12,14H,7H2,1-2H3/t10-,12+,14+/m0/s1. The van der Waals surface area contributed by atoms with Gasteiger partial charge in [-0.25, -0.2) is 4.79 Å². The number of hydrogen-bond donors (Lipinski definition) is 0. The maximum atomic E-state index is 12.2. The number of hydrogen-bond acceptors (Lipinski definition) is 6. The van der Waals surface area contributed by atoms with Crippen LogP contribution >= 0.6 is 22.6 Å². The first-order chi connectivity index (χ1) is 10.4. The van der Waals surface area contributed by atoms with Crippen molar-refractivity contribution in [3.05, 3.63) is 33.4 Å². The van der Waals surface area contributed by atoms with E-state index < -0.39 is 30.3 Å². The minimum absolute atomic E-state index is 0.150. The number of benzene rings is 1. The van der Waals surface area contributed by atoms with Gasteiger partial charge in [-0.1, -0.05) is 12.1 Å². The predicted octanol–water partition coefficient (Wildman–Crippen LogP) is 1.89. The van der Waals surface area contributed by atoms with Crippen molar-refractivity contribution in [3.8, 4) is 0 Å². The van der Waals surface area contributed by atoms with Crippen LogP contribution in [0.5, 0.6) is 0 Å². The summed E-state index contributed by atoms with van der Waals surface area (Å²) in [4.78, 5) is 24.2. The minimum atomic E-state index is -0.851. The van der Waals surface area contributed by atoms with Crippen LogP contribution in [0, 0.1) is 3.57 Å². The third-order valence-corrected chi connectivity index (χ3v) is 4.35. The molecule has 3 atom stereocenters. The summed E-state index contributed by atoms with van der Waals surface area (Å²) in [6, 6.07) is 7.07. The topological polar surface area (TPSA) is 71.1 Å². The number of ketones is 1. The van der Waals surface area contributed by atoms with E-state index >= 15 is 0 Å². The summed E-state index contributed by atoms with van der Waals surface area (Å²) < 4.78 is 22.4. The molecule has 2 aliphatic heterocycles. The van der Waals surface area contributed by atoms with Crippen molar-refractivity contribution < 1.29 is 28.5 Å². The highest BCUT2D eigenvalue weighted by molar-refractivity contribution is 14.1. The zero-order chi connectivity index (χ0) is 15.9. The summed E-state index contributed by atoms with van der Waals surface area (Å²) in [6.07, 6.45) is -2.34. The van der Waals surface area contributed by atoms with Crippen LogP contribution in [0.2, 0.25) is 0 Å². The molecule has 0 N–H and O–H groups in total. The molecule has 0 saturated carbocycles. The molecule has 2 heterocycles. The fourth-order valence-electron chi connectivity index (χ4n) is 2.41. The fourth-order valence-corrected chi connectivity index (χ4v) is 3.02. The molecule has 118 valence electrons. The number of Topliss-reactive ketones (excluding diaryl/α,β-unsaturated/α-hetero) is 1. The zero-order valence-electron chi connectivity index (χ0n) is 12.1. The van der Waals surface area contributed by atoms with Gasteiger partial charge in [-0.05, 0) is 48.6 Å². The lowest BCUT2D eigenvalue weighted by Crippen LogP contribution is -2.33. The van der Waals surface area contributed by atoms with Gasteiger partial charge in [-0.2, -0.15) is 0 Å². The van der Waals surface area contributed by atoms with Crippen molar-refractivity contribution in [2.75, 3.05) is 6.61 Å². The molecule has 2 aliphatic rings. The van der Waals surface area contributed by atoms with E-state index in [0.29, 0.717) is 5.56 Å². The summed E-state index contributed by atoms with van der Waals surface area (Å²) in [5, 5.41) is 0. The molecule has 2 fully saturated rings. The Bertz CT molecular complexity index is 614. The number of carbonyl (C=O) groups is 2. The summed E-state index contributed by atoms with van der Waals surface area (Å²) in [7, 11) is 0. The van der Waals surface area contributed by atoms with Gasteiger partial charge in [0.1, 0.15) is 6.61 Å². The quantitative estimate of drug-likeness (QED) is 0.552. The maximum absolute atomic E-state index is 12.2. The molecule has 22 heavy (non-hydrogen) atoms. The van der Waals surface area contributed by atoms with Gasteiger partial charge in [-0.15, -0.1) is 0 Å². The molecule has 1 aromatic carbocycles. The third kappa shape index (κ3) is 3.03. The van der Waals surface area contributed by atoms with Crippen LogP contribution in [0.25, 0.3) is 0 Å². The molecule has 7 heteroatoms. The molecule has 0 unspecified atom stereocenters. The van der Waals surface area contributed by atoms with E-state index in [2.05, 4.69) is 22.6 Å². The van der Waals surface area contributed by atoms with Gasteiger partial charge in [-0.3, -0.25) is 4.79 Å². The maximum Gasteiger partial charge on any atom is 0.339 e. The lowest BCUT2D eigenvalue weighted by atomic mass is 10.2. The Morgan fingerprint density at radius 3 is 2.73 bits per heavy atom. The van der Waals surface area contributed by atoms with Crippen LogP contribution in [-0.2, 0) is 23.7 Å². The molecule has 3 rings (SSSR count). The molecular formula is C15H15IO6. The lowest BCUT2D eigenvalue weighted by molar-refractivity contribution is -0.207. The molecule has 2 saturated heterocycles. The molecule has 0 aromatic heterocycles. The monoisotopic (exact) mass is 418 g/mol. The average Bonchev–Trinajstić information content (AvgIpc) is 2.90. The number of fused-ring (bicyclic) bond motifs is 1. The van der Waals surface area contributed by atoms with E-state index in [1.54, 1.807) is 26.0 Å². The highest BCUT2D eigenvalue weighted by Gasteiger charge is 2.54. The van der Waals surface area contributed by atoms with E-state index in [9.17, 15) is 9.59 Å². The van der Waals surface area contributed by atoms with E-state index in [1.807, 2.05) is 12.1 Å². The first-order valence-corrected chi connectivity index (χ1v) is 7.92.